The first-order valence-electron chi connectivity index (χ1n) is 9.63. The maximum Gasteiger partial charge on any atom is 0.293 e. The van der Waals surface area contributed by atoms with Crippen LogP contribution in [0.1, 0.15) is 21.5 Å². The van der Waals surface area contributed by atoms with Crippen LogP contribution in [-0.2, 0) is 17.7 Å². The minimum atomic E-state index is -0.410. The second kappa shape index (κ2) is 8.08. The number of morpholine rings is 1. The van der Waals surface area contributed by atoms with E-state index in [1.165, 1.54) is 6.07 Å². The molecule has 0 N–H and O–H groups in total. The fraction of sp³-hybridized carbons (Fsp3) is 0.381. The van der Waals surface area contributed by atoms with Crippen LogP contribution in [0.15, 0.2) is 36.4 Å². The molecule has 29 heavy (non-hydrogen) atoms. The maximum absolute atomic E-state index is 12.7. The van der Waals surface area contributed by atoms with E-state index in [0.29, 0.717) is 50.6 Å². The van der Waals surface area contributed by atoms with Crippen molar-refractivity contribution in [1.82, 2.24) is 4.90 Å². The van der Waals surface area contributed by atoms with Crippen molar-refractivity contribution in [3.63, 3.8) is 0 Å². The molecule has 0 atom stereocenters. The van der Waals surface area contributed by atoms with Gasteiger partial charge in [0.2, 0.25) is 0 Å². The summed E-state index contributed by atoms with van der Waals surface area (Å²) < 4.78 is 10.7. The summed E-state index contributed by atoms with van der Waals surface area (Å²) in [4.78, 5) is 27.7. The fourth-order valence-corrected chi connectivity index (χ4v) is 3.99. The van der Waals surface area contributed by atoms with Gasteiger partial charge in [0.05, 0.1) is 25.2 Å². The molecule has 0 aliphatic carbocycles. The van der Waals surface area contributed by atoms with Gasteiger partial charge in [0, 0.05) is 43.4 Å². The van der Waals surface area contributed by atoms with Crippen LogP contribution >= 0.6 is 0 Å². The number of hydrogen-bond donors (Lipinski definition) is 0. The number of fused-ring (bicyclic) bond motifs is 1. The Balaban J connectivity index is 1.62. The Morgan fingerprint density at radius 2 is 1.97 bits per heavy atom. The number of carbonyl (C=O) groups is 1. The van der Waals surface area contributed by atoms with Gasteiger partial charge in [-0.3, -0.25) is 14.9 Å². The van der Waals surface area contributed by atoms with Crippen LogP contribution in [0.4, 0.5) is 11.4 Å². The third-order valence-electron chi connectivity index (χ3n) is 5.50. The standard InChI is InChI=1S/C21H23N3O5/c1-28-20-4-2-3-16-14-23(8-7-17(16)20)18-6-5-15(13-19(18)24(26)27)21(25)22-9-11-29-12-10-22/h2-6,13H,7-12,14H2,1H3. The first kappa shape index (κ1) is 19.2. The van der Waals surface area contributed by atoms with E-state index < -0.39 is 4.92 Å². The summed E-state index contributed by atoms with van der Waals surface area (Å²) in [5.41, 5.74) is 3.06. The maximum atomic E-state index is 12.7. The molecular weight excluding hydrogens is 374 g/mol. The van der Waals surface area contributed by atoms with Gasteiger partial charge in [-0.2, -0.15) is 0 Å². The van der Waals surface area contributed by atoms with Crippen molar-refractivity contribution in [1.29, 1.82) is 0 Å². The van der Waals surface area contributed by atoms with Crippen molar-refractivity contribution in [2.45, 2.75) is 13.0 Å². The van der Waals surface area contributed by atoms with Crippen molar-refractivity contribution in [3.05, 3.63) is 63.2 Å². The lowest BCUT2D eigenvalue weighted by Gasteiger charge is -2.31. The number of anilines is 1. The van der Waals surface area contributed by atoms with Crippen LogP contribution in [0.2, 0.25) is 0 Å². The second-order valence-corrected chi connectivity index (χ2v) is 7.13. The van der Waals surface area contributed by atoms with Crippen LogP contribution in [0.25, 0.3) is 0 Å². The van der Waals surface area contributed by atoms with Crippen LogP contribution in [0.3, 0.4) is 0 Å². The van der Waals surface area contributed by atoms with Crippen molar-refractivity contribution >= 4 is 17.3 Å². The predicted molar refractivity (Wildman–Crippen MR) is 108 cm³/mol. The van der Waals surface area contributed by atoms with E-state index in [2.05, 4.69) is 0 Å². The fourth-order valence-electron chi connectivity index (χ4n) is 3.99. The molecule has 0 bridgehead atoms. The van der Waals surface area contributed by atoms with Crippen molar-refractivity contribution in [2.24, 2.45) is 0 Å². The molecule has 152 valence electrons. The third kappa shape index (κ3) is 3.75. The lowest BCUT2D eigenvalue weighted by molar-refractivity contribution is -0.384. The molecule has 2 aromatic rings. The molecule has 1 saturated heterocycles. The Hall–Kier alpha value is -3.13. The summed E-state index contributed by atoms with van der Waals surface area (Å²) in [6.07, 6.45) is 0.741. The average molecular weight is 397 g/mol. The third-order valence-corrected chi connectivity index (χ3v) is 5.50. The lowest BCUT2D eigenvalue weighted by atomic mass is 9.97. The summed E-state index contributed by atoms with van der Waals surface area (Å²) in [5, 5.41) is 11.8. The van der Waals surface area contributed by atoms with Crippen LogP contribution < -0.4 is 9.64 Å². The highest BCUT2D eigenvalue weighted by atomic mass is 16.6. The van der Waals surface area contributed by atoms with Crippen LogP contribution in [-0.4, -0.2) is 55.7 Å². The molecule has 0 aromatic heterocycles. The highest BCUT2D eigenvalue weighted by molar-refractivity contribution is 5.96. The molecule has 2 aliphatic heterocycles. The minimum Gasteiger partial charge on any atom is -0.496 e. The van der Waals surface area contributed by atoms with Crippen LogP contribution in [0.5, 0.6) is 5.75 Å². The van der Waals surface area contributed by atoms with E-state index >= 15 is 0 Å². The summed E-state index contributed by atoms with van der Waals surface area (Å²) in [5.74, 6) is 0.653. The molecular formula is C21H23N3O5. The molecule has 2 aliphatic rings. The van der Waals surface area contributed by atoms with Crippen molar-refractivity contribution in [3.8, 4) is 5.75 Å². The molecule has 0 saturated carbocycles. The number of nitro groups is 1. The quantitative estimate of drug-likeness (QED) is 0.582. The number of nitrogens with zero attached hydrogens (tertiary/aromatic N) is 3. The summed E-state index contributed by atoms with van der Waals surface area (Å²) in [6.45, 7) is 3.18. The number of benzene rings is 2. The van der Waals surface area contributed by atoms with Crippen LogP contribution in [0, 0.1) is 10.1 Å². The van der Waals surface area contributed by atoms with Gasteiger partial charge in [0.25, 0.3) is 11.6 Å². The number of methoxy groups -OCH3 is 1. The Morgan fingerprint density at radius 3 is 2.69 bits per heavy atom. The molecule has 8 heteroatoms. The molecule has 1 amide bonds. The van der Waals surface area contributed by atoms with Crippen molar-refractivity contribution in [2.75, 3.05) is 44.9 Å². The zero-order chi connectivity index (χ0) is 20.4. The first-order valence-corrected chi connectivity index (χ1v) is 9.63. The molecule has 8 nitrogen and oxygen atoms in total. The Bertz CT molecular complexity index is 940. The summed E-state index contributed by atoms with van der Waals surface area (Å²) >= 11 is 0. The predicted octanol–water partition coefficient (Wildman–Crippen LogP) is 2.64. The van der Waals surface area contributed by atoms with E-state index in [4.69, 9.17) is 9.47 Å². The highest BCUT2D eigenvalue weighted by Crippen LogP contribution is 2.35. The van der Waals surface area contributed by atoms with E-state index in [-0.39, 0.29) is 11.6 Å². The molecule has 1 fully saturated rings. The Morgan fingerprint density at radius 1 is 1.17 bits per heavy atom. The van der Waals surface area contributed by atoms with E-state index in [9.17, 15) is 14.9 Å². The molecule has 0 radical (unpaired) electrons. The molecule has 0 unspecified atom stereocenters. The SMILES string of the molecule is COc1cccc2c1CCN(c1ccc(C(=O)N3CCOCC3)cc1[N+](=O)[O-])C2. The van der Waals surface area contributed by atoms with E-state index in [0.717, 1.165) is 23.3 Å². The lowest BCUT2D eigenvalue weighted by Crippen LogP contribution is -2.40. The van der Waals surface area contributed by atoms with Gasteiger partial charge < -0.3 is 19.3 Å². The number of nitro benzene ring substituents is 1. The van der Waals surface area contributed by atoms with Gasteiger partial charge in [0.1, 0.15) is 11.4 Å². The molecule has 0 spiro atoms. The topological polar surface area (TPSA) is 85.2 Å². The van der Waals surface area contributed by atoms with Gasteiger partial charge >= 0.3 is 0 Å². The Labute approximate surface area is 168 Å². The number of hydrogen-bond acceptors (Lipinski definition) is 6. The largest absolute Gasteiger partial charge is 0.496 e. The summed E-state index contributed by atoms with van der Waals surface area (Å²) in [7, 11) is 1.65. The monoisotopic (exact) mass is 397 g/mol. The van der Waals surface area contributed by atoms with E-state index in [1.54, 1.807) is 24.1 Å². The summed E-state index contributed by atoms with van der Waals surface area (Å²) in [6, 6.07) is 10.7. The Kier molecular flexibility index (Phi) is 5.35. The first-order chi connectivity index (χ1) is 14.1. The van der Waals surface area contributed by atoms with E-state index in [1.807, 2.05) is 23.1 Å². The van der Waals surface area contributed by atoms with Gasteiger partial charge in [-0.25, -0.2) is 0 Å². The smallest absolute Gasteiger partial charge is 0.293 e. The number of rotatable bonds is 4. The van der Waals surface area contributed by atoms with Gasteiger partial charge in [-0.05, 0) is 30.2 Å². The molecule has 4 rings (SSSR count). The molecule has 2 heterocycles. The zero-order valence-electron chi connectivity index (χ0n) is 16.3. The zero-order valence-corrected chi connectivity index (χ0v) is 16.3. The van der Waals surface area contributed by atoms with Crippen molar-refractivity contribution < 1.29 is 19.2 Å². The number of ether oxygens (including phenoxy) is 2. The number of carbonyl (C=O) groups excluding carboxylic acids is 1. The number of amides is 1. The highest BCUT2D eigenvalue weighted by Gasteiger charge is 2.27. The minimum absolute atomic E-state index is 0.0459. The molecule has 2 aromatic carbocycles. The van der Waals surface area contributed by atoms with Gasteiger partial charge in [-0.1, -0.05) is 12.1 Å². The normalized spacial score (nSPS) is 16.3. The van der Waals surface area contributed by atoms with Gasteiger partial charge in [0.15, 0.2) is 0 Å². The van der Waals surface area contributed by atoms with Gasteiger partial charge in [-0.15, -0.1) is 0 Å². The second-order valence-electron chi connectivity index (χ2n) is 7.13. The average Bonchev–Trinajstić information content (AvgIpc) is 2.77.